The minimum atomic E-state index is -0.558. The van der Waals surface area contributed by atoms with Gasteiger partial charge in [0.05, 0.1) is 18.9 Å². The van der Waals surface area contributed by atoms with Gasteiger partial charge in [-0.15, -0.1) is 10.2 Å². The summed E-state index contributed by atoms with van der Waals surface area (Å²) < 4.78 is 10.7. The average Bonchev–Trinajstić information content (AvgIpc) is 3.34. The van der Waals surface area contributed by atoms with E-state index in [1.165, 1.54) is 24.3 Å². The van der Waals surface area contributed by atoms with E-state index in [0.29, 0.717) is 22.7 Å². The third kappa shape index (κ3) is 5.65. The van der Waals surface area contributed by atoms with Crippen LogP contribution in [0.15, 0.2) is 78.2 Å². The lowest BCUT2D eigenvalue weighted by Crippen LogP contribution is -2.24. The first kappa shape index (κ1) is 22.3. The number of rotatable bonds is 8. The normalized spacial score (nSPS) is 10.7. The molecule has 0 aliphatic heterocycles. The Kier molecular flexibility index (Phi) is 6.94. The number of ether oxygens (including phenoxy) is 2. The molecular weight excluding hydrogens is 438 g/mol. The van der Waals surface area contributed by atoms with Crippen LogP contribution in [0.5, 0.6) is 11.5 Å². The van der Waals surface area contributed by atoms with E-state index < -0.39 is 11.9 Å². The predicted molar refractivity (Wildman–Crippen MR) is 121 cm³/mol. The van der Waals surface area contributed by atoms with Crippen molar-refractivity contribution in [3.63, 3.8) is 0 Å². The van der Waals surface area contributed by atoms with E-state index in [9.17, 15) is 9.59 Å². The molecule has 2 heterocycles. The third-order valence-corrected chi connectivity index (χ3v) is 4.46. The molecule has 1 amide bonds. The molecule has 0 aliphatic carbocycles. The summed E-state index contributed by atoms with van der Waals surface area (Å²) in [5, 5.41) is 15.9. The van der Waals surface area contributed by atoms with Crippen molar-refractivity contribution in [1.29, 1.82) is 0 Å². The molecule has 0 fully saturated rings. The van der Waals surface area contributed by atoms with E-state index in [1.807, 2.05) is 30.3 Å². The summed E-state index contributed by atoms with van der Waals surface area (Å²) in [4.78, 5) is 29.5. The third-order valence-electron chi connectivity index (χ3n) is 4.46. The van der Waals surface area contributed by atoms with Crippen LogP contribution in [0, 0.1) is 0 Å². The van der Waals surface area contributed by atoms with Crippen LogP contribution in [0.25, 0.3) is 11.4 Å². The molecule has 0 unspecified atom stereocenters. The molecule has 34 heavy (non-hydrogen) atoms. The Morgan fingerprint density at radius 1 is 1.09 bits per heavy atom. The first-order valence-corrected chi connectivity index (χ1v) is 10.1. The quantitative estimate of drug-likeness (QED) is 0.184. The number of methoxy groups -OCH3 is 1. The summed E-state index contributed by atoms with van der Waals surface area (Å²) in [6, 6.07) is 17.4. The van der Waals surface area contributed by atoms with Crippen molar-refractivity contribution in [2.75, 3.05) is 7.11 Å². The van der Waals surface area contributed by atoms with Crippen molar-refractivity contribution in [2.45, 2.75) is 6.54 Å². The lowest BCUT2D eigenvalue weighted by atomic mass is 10.2. The minimum absolute atomic E-state index is 0.149. The number of carbonyl (C=O) groups excluding carboxylic acids is 2. The van der Waals surface area contributed by atoms with E-state index in [1.54, 1.807) is 36.5 Å². The summed E-state index contributed by atoms with van der Waals surface area (Å²) in [7, 11) is 1.45. The van der Waals surface area contributed by atoms with E-state index in [0.717, 1.165) is 5.56 Å². The van der Waals surface area contributed by atoms with Gasteiger partial charge in [0.25, 0.3) is 5.91 Å². The number of hydrogen-bond acceptors (Lipinski definition) is 9. The fourth-order valence-corrected chi connectivity index (χ4v) is 2.85. The Morgan fingerprint density at radius 2 is 1.94 bits per heavy atom. The number of pyridine rings is 1. The SMILES string of the molecule is COc1cc(/C=N/NC(=O)Cn2nnc(-c3ccccc3)n2)ccc1OC(=O)c1cccnc1. The molecule has 0 saturated carbocycles. The van der Waals surface area contributed by atoms with Crippen LogP contribution in [0.1, 0.15) is 15.9 Å². The minimum Gasteiger partial charge on any atom is -0.493 e. The van der Waals surface area contributed by atoms with Crippen molar-refractivity contribution >= 4 is 18.1 Å². The van der Waals surface area contributed by atoms with Crippen molar-refractivity contribution in [3.05, 3.63) is 84.2 Å². The molecule has 4 rings (SSSR count). The summed E-state index contributed by atoms with van der Waals surface area (Å²) in [5.74, 6) is 0.00423. The van der Waals surface area contributed by atoms with Gasteiger partial charge in [0.1, 0.15) is 6.54 Å². The number of nitrogens with zero attached hydrogens (tertiary/aromatic N) is 6. The largest absolute Gasteiger partial charge is 0.493 e. The maximum absolute atomic E-state index is 12.2. The van der Waals surface area contributed by atoms with Crippen molar-refractivity contribution in [3.8, 4) is 22.9 Å². The molecule has 170 valence electrons. The zero-order valence-corrected chi connectivity index (χ0v) is 18.0. The van der Waals surface area contributed by atoms with Gasteiger partial charge in [-0.3, -0.25) is 9.78 Å². The van der Waals surface area contributed by atoms with Gasteiger partial charge >= 0.3 is 5.97 Å². The summed E-state index contributed by atoms with van der Waals surface area (Å²) in [6.07, 6.45) is 4.40. The van der Waals surface area contributed by atoms with E-state index >= 15 is 0 Å². The highest BCUT2D eigenvalue weighted by Gasteiger charge is 2.13. The topological polar surface area (TPSA) is 133 Å². The molecule has 2 aromatic heterocycles. The number of tetrazole rings is 1. The Morgan fingerprint density at radius 3 is 2.71 bits per heavy atom. The Bertz CT molecular complexity index is 1310. The second-order valence-corrected chi connectivity index (χ2v) is 6.84. The fraction of sp³-hybridized carbons (Fsp3) is 0.0870. The van der Waals surface area contributed by atoms with Crippen molar-refractivity contribution in [2.24, 2.45) is 5.10 Å². The highest BCUT2D eigenvalue weighted by Crippen LogP contribution is 2.28. The maximum atomic E-state index is 12.2. The van der Waals surface area contributed by atoms with E-state index in [2.05, 4.69) is 30.9 Å². The fourth-order valence-electron chi connectivity index (χ4n) is 2.85. The van der Waals surface area contributed by atoms with Gasteiger partial charge in [-0.1, -0.05) is 30.3 Å². The van der Waals surface area contributed by atoms with E-state index in [-0.39, 0.29) is 12.3 Å². The van der Waals surface area contributed by atoms with Gasteiger partial charge in [-0.2, -0.15) is 9.90 Å². The summed E-state index contributed by atoms with van der Waals surface area (Å²) >= 11 is 0. The summed E-state index contributed by atoms with van der Waals surface area (Å²) in [6.45, 7) is -0.149. The first-order valence-electron chi connectivity index (χ1n) is 10.1. The molecular formula is C23H19N7O4. The number of amides is 1. The zero-order valence-electron chi connectivity index (χ0n) is 18.0. The molecule has 11 nitrogen and oxygen atoms in total. The smallest absolute Gasteiger partial charge is 0.345 e. The number of hydrazone groups is 1. The van der Waals surface area contributed by atoms with Gasteiger partial charge in [-0.05, 0) is 41.1 Å². The number of esters is 1. The number of benzene rings is 2. The number of hydrogen-bond donors (Lipinski definition) is 1. The maximum Gasteiger partial charge on any atom is 0.345 e. The molecule has 11 heteroatoms. The molecule has 0 atom stereocenters. The first-order chi connectivity index (χ1) is 16.6. The van der Waals surface area contributed by atoms with Crippen LogP contribution in [0.2, 0.25) is 0 Å². The van der Waals surface area contributed by atoms with Crippen LogP contribution in [-0.4, -0.2) is 50.4 Å². The molecule has 0 spiro atoms. The second-order valence-electron chi connectivity index (χ2n) is 6.84. The predicted octanol–water partition coefficient (Wildman–Crippen LogP) is 2.11. The van der Waals surface area contributed by atoms with Gasteiger partial charge in [0.2, 0.25) is 5.82 Å². The average molecular weight is 457 g/mol. The van der Waals surface area contributed by atoms with Crippen LogP contribution in [-0.2, 0) is 11.3 Å². The van der Waals surface area contributed by atoms with Crippen LogP contribution in [0.3, 0.4) is 0 Å². The Hall–Kier alpha value is -4.93. The number of nitrogens with one attached hydrogen (secondary N) is 1. The number of aromatic nitrogens is 5. The van der Waals surface area contributed by atoms with Gasteiger partial charge in [-0.25, -0.2) is 10.2 Å². The highest BCUT2D eigenvalue weighted by atomic mass is 16.6. The van der Waals surface area contributed by atoms with E-state index in [4.69, 9.17) is 9.47 Å². The van der Waals surface area contributed by atoms with Gasteiger partial charge in [0.15, 0.2) is 11.5 Å². The summed E-state index contributed by atoms with van der Waals surface area (Å²) in [5.41, 5.74) is 4.13. The standard InChI is InChI=1S/C23H19N7O4/c1-33-20-12-16(9-10-19(20)34-23(32)18-8-5-11-24-14-18)13-25-26-21(31)15-30-28-22(27-29-30)17-6-3-2-4-7-17/h2-14H,15H2,1H3,(H,26,31)/b25-13+. The second kappa shape index (κ2) is 10.6. The Labute approximate surface area is 194 Å². The molecule has 0 saturated heterocycles. The zero-order chi connectivity index (χ0) is 23.8. The number of carbonyl (C=O) groups is 2. The molecule has 0 bridgehead atoms. The van der Waals surface area contributed by atoms with Crippen LogP contribution in [0.4, 0.5) is 0 Å². The molecule has 0 radical (unpaired) electrons. The Balaban J connectivity index is 1.34. The molecule has 0 aliphatic rings. The van der Waals surface area contributed by atoms with Gasteiger partial charge in [0, 0.05) is 18.0 Å². The highest BCUT2D eigenvalue weighted by molar-refractivity contribution is 5.91. The molecule has 1 N–H and O–H groups in total. The van der Waals surface area contributed by atoms with Crippen LogP contribution >= 0.6 is 0 Å². The lowest BCUT2D eigenvalue weighted by molar-refractivity contribution is -0.122. The van der Waals surface area contributed by atoms with Crippen LogP contribution < -0.4 is 14.9 Å². The monoisotopic (exact) mass is 457 g/mol. The van der Waals surface area contributed by atoms with Gasteiger partial charge < -0.3 is 9.47 Å². The van der Waals surface area contributed by atoms with Crippen molar-refractivity contribution < 1.29 is 19.1 Å². The molecule has 2 aromatic carbocycles. The molecule has 4 aromatic rings. The van der Waals surface area contributed by atoms with Crippen molar-refractivity contribution in [1.82, 2.24) is 30.6 Å². The lowest BCUT2D eigenvalue weighted by Gasteiger charge is -2.09.